The molecule has 1 aromatic carbocycles. The normalized spacial score (nSPS) is 11.2. The first-order chi connectivity index (χ1) is 14.4. The van der Waals surface area contributed by atoms with Crippen LogP contribution < -0.4 is 20.1 Å². The van der Waals surface area contributed by atoms with E-state index in [9.17, 15) is 8.42 Å². The molecule has 0 amide bonds. The summed E-state index contributed by atoms with van der Waals surface area (Å²) in [4.78, 5) is 4.40. The third-order valence-corrected chi connectivity index (χ3v) is 5.89. The minimum absolute atomic E-state index is 0.197. The first-order valence-corrected chi connectivity index (χ1v) is 10.8. The van der Waals surface area contributed by atoms with Crippen molar-refractivity contribution in [2.24, 2.45) is 0 Å². The summed E-state index contributed by atoms with van der Waals surface area (Å²) in [5.74, 6) is 2.43. The summed E-state index contributed by atoms with van der Waals surface area (Å²) in [6.45, 7) is 4.10. The number of sulfonamides is 1. The molecule has 0 aliphatic rings. The number of ether oxygens (including phenoxy) is 1. The Morgan fingerprint density at radius 2 is 1.70 bits per heavy atom. The van der Waals surface area contributed by atoms with E-state index in [1.165, 1.54) is 0 Å². The molecule has 3 rings (SSSR count). The molecule has 30 heavy (non-hydrogen) atoms. The summed E-state index contributed by atoms with van der Waals surface area (Å²) in [5, 5.41) is 14.2. The molecule has 0 bridgehead atoms. The van der Waals surface area contributed by atoms with Crippen LogP contribution in [0.4, 0.5) is 17.5 Å². The molecule has 0 atom stereocenters. The molecule has 0 radical (unpaired) electrons. The molecule has 2 heterocycles. The van der Waals surface area contributed by atoms with E-state index >= 15 is 0 Å². The van der Waals surface area contributed by atoms with Gasteiger partial charge in [-0.1, -0.05) is 6.07 Å². The Kier molecular flexibility index (Phi) is 6.80. The quantitative estimate of drug-likeness (QED) is 0.445. The third kappa shape index (κ3) is 5.43. The zero-order valence-electron chi connectivity index (χ0n) is 17.0. The fourth-order valence-corrected chi connectivity index (χ4v) is 4.13. The molecule has 3 N–H and O–H groups in total. The summed E-state index contributed by atoms with van der Waals surface area (Å²) >= 11 is 0. The number of hydrogen-bond donors (Lipinski definition) is 3. The van der Waals surface area contributed by atoms with E-state index in [2.05, 4.69) is 30.5 Å². The Bertz CT molecular complexity index is 1090. The maximum Gasteiger partial charge on any atom is 0.240 e. The van der Waals surface area contributed by atoms with Crippen molar-refractivity contribution in [3.8, 4) is 5.75 Å². The number of aryl methyl sites for hydroxylation is 2. The molecule has 0 saturated heterocycles. The second kappa shape index (κ2) is 9.51. The Morgan fingerprint density at radius 3 is 2.37 bits per heavy atom. The largest absolute Gasteiger partial charge is 0.496 e. The molecule has 10 heteroatoms. The smallest absolute Gasteiger partial charge is 0.240 e. The van der Waals surface area contributed by atoms with E-state index < -0.39 is 10.0 Å². The lowest BCUT2D eigenvalue weighted by atomic mass is 10.1. The Balaban J connectivity index is 1.52. The molecular formula is C20H24N6O3S. The summed E-state index contributed by atoms with van der Waals surface area (Å²) in [6.07, 6.45) is 1.68. The summed E-state index contributed by atoms with van der Waals surface area (Å²) in [6, 6.07) is 12.4. The van der Waals surface area contributed by atoms with Crippen molar-refractivity contribution >= 4 is 27.5 Å². The Morgan fingerprint density at radius 1 is 0.933 bits per heavy atom. The highest BCUT2D eigenvalue weighted by molar-refractivity contribution is 7.89. The van der Waals surface area contributed by atoms with Gasteiger partial charge >= 0.3 is 0 Å². The van der Waals surface area contributed by atoms with E-state index in [-0.39, 0.29) is 11.4 Å². The number of anilines is 3. The zero-order chi connectivity index (χ0) is 21.6. The predicted molar refractivity (Wildman–Crippen MR) is 116 cm³/mol. The van der Waals surface area contributed by atoms with Crippen molar-refractivity contribution < 1.29 is 13.2 Å². The van der Waals surface area contributed by atoms with Crippen LogP contribution in [0, 0.1) is 13.8 Å². The van der Waals surface area contributed by atoms with Gasteiger partial charge in [0.15, 0.2) is 5.82 Å². The van der Waals surface area contributed by atoms with Crippen LogP contribution in [-0.2, 0) is 10.0 Å². The summed E-state index contributed by atoms with van der Waals surface area (Å²) in [7, 11) is -2.07. The molecule has 0 unspecified atom stereocenters. The number of nitrogens with one attached hydrogen (secondary N) is 3. The van der Waals surface area contributed by atoms with E-state index in [0.29, 0.717) is 35.3 Å². The third-order valence-electron chi connectivity index (χ3n) is 4.29. The predicted octanol–water partition coefficient (Wildman–Crippen LogP) is 2.63. The van der Waals surface area contributed by atoms with Gasteiger partial charge in [0, 0.05) is 19.3 Å². The van der Waals surface area contributed by atoms with Crippen LogP contribution in [0.15, 0.2) is 53.6 Å². The van der Waals surface area contributed by atoms with Crippen molar-refractivity contribution in [3.63, 3.8) is 0 Å². The molecule has 0 saturated carbocycles. The number of pyridine rings is 1. The molecule has 0 spiro atoms. The van der Waals surface area contributed by atoms with Gasteiger partial charge < -0.3 is 15.4 Å². The molecule has 2 aromatic heterocycles. The lowest BCUT2D eigenvalue weighted by molar-refractivity contribution is 0.411. The van der Waals surface area contributed by atoms with Crippen LogP contribution in [0.2, 0.25) is 0 Å². The van der Waals surface area contributed by atoms with Crippen LogP contribution in [0.1, 0.15) is 11.1 Å². The average molecular weight is 429 g/mol. The van der Waals surface area contributed by atoms with Gasteiger partial charge in [0.25, 0.3) is 0 Å². The summed E-state index contributed by atoms with van der Waals surface area (Å²) in [5.41, 5.74) is 1.39. The van der Waals surface area contributed by atoms with Gasteiger partial charge in [0.1, 0.15) is 17.4 Å². The summed E-state index contributed by atoms with van der Waals surface area (Å²) < 4.78 is 33.1. The molecular weight excluding hydrogens is 404 g/mol. The first-order valence-electron chi connectivity index (χ1n) is 9.29. The number of rotatable bonds is 9. The lowest BCUT2D eigenvalue weighted by Gasteiger charge is -2.13. The molecule has 158 valence electrons. The molecule has 0 fully saturated rings. The van der Waals surface area contributed by atoms with Gasteiger partial charge in [-0.2, -0.15) is 0 Å². The van der Waals surface area contributed by atoms with Crippen LogP contribution in [0.5, 0.6) is 5.75 Å². The van der Waals surface area contributed by atoms with Gasteiger partial charge in [-0.15, -0.1) is 10.2 Å². The SMILES string of the molecule is COc1cc(C)c(S(=O)(=O)NCCNc2ccc(Nc3ccccn3)nn2)cc1C. The topological polar surface area (TPSA) is 118 Å². The van der Waals surface area contributed by atoms with E-state index in [0.717, 1.165) is 5.56 Å². The van der Waals surface area contributed by atoms with Crippen molar-refractivity contribution in [1.82, 2.24) is 19.9 Å². The number of aromatic nitrogens is 3. The van der Waals surface area contributed by atoms with E-state index in [1.807, 2.05) is 25.1 Å². The van der Waals surface area contributed by atoms with Gasteiger partial charge in [0.2, 0.25) is 10.0 Å². The Labute approximate surface area is 176 Å². The zero-order valence-corrected chi connectivity index (χ0v) is 17.8. The minimum atomic E-state index is -3.63. The molecule has 3 aromatic rings. The molecule has 0 aliphatic heterocycles. The maximum atomic E-state index is 12.6. The van der Waals surface area contributed by atoms with Gasteiger partial charge in [-0.05, 0) is 61.4 Å². The van der Waals surface area contributed by atoms with Crippen LogP contribution in [0.25, 0.3) is 0 Å². The highest BCUT2D eigenvalue weighted by Crippen LogP contribution is 2.25. The first kappa shape index (κ1) is 21.5. The standard InChI is InChI=1S/C20H24N6O3S/c1-14-13-17(15(2)12-16(14)29-3)30(27,28)23-11-10-22-19-7-8-20(26-25-19)24-18-6-4-5-9-21-18/h4-9,12-13,23H,10-11H2,1-3H3,(H,22,25)(H,21,24,26). The number of methoxy groups -OCH3 is 1. The minimum Gasteiger partial charge on any atom is -0.496 e. The molecule has 0 aliphatic carbocycles. The second-order valence-electron chi connectivity index (χ2n) is 6.56. The maximum absolute atomic E-state index is 12.6. The highest BCUT2D eigenvalue weighted by atomic mass is 32.2. The Hall–Kier alpha value is -3.24. The van der Waals surface area contributed by atoms with Crippen molar-refractivity contribution in [1.29, 1.82) is 0 Å². The number of nitrogens with zero attached hydrogens (tertiary/aromatic N) is 3. The van der Waals surface area contributed by atoms with Gasteiger partial charge in [-0.25, -0.2) is 18.1 Å². The van der Waals surface area contributed by atoms with Crippen LogP contribution >= 0.6 is 0 Å². The fraction of sp³-hybridized carbons (Fsp3) is 0.250. The monoisotopic (exact) mass is 428 g/mol. The van der Waals surface area contributed by atoms with Crippen LogP contribution in [-0.4, -0.2) is 43.8 Å². The molecule has 9 nitrogen and oxygen atoms in total. The van der Waals surface area contributed by atoms with E-state index in [4.69, 9.17) is 4.74 Å². The van der Waals surface area contributed by atoms with Gasteiger partial charge in [-0.3, -0.25) is 0 Å². The van der Waals surface area contributed by atoms with Crippen LogP contribution in [0.3, 0.4) is 0 Å². The average Bonchev–Trinajstić information content (AvgIpc) is 2.74. The van der Waals surface area contributed by atoms with Gasteiger partial charge in [0.05, 0.1) is 12.0 Å². The highest BCUT2D eigenvalue weighted by Gasteiger charge is 2.18. The van der Waals surface area contributed by atoms with E-state index in [1.54, 1.807) is 44.5 Å². The second-order valence-corrected chi connectivity index (χ2v) is 8.29. The van der Waals surface area contributed by atoms with Crippen molar-refractivity contribution in [3.05, 3.63) is 59.8 Å². The number of hydrogen-bond acceptors (Lipinski definition) is 8. The fourth-order valence-electron chi connectivity index (χ4n) is 2.79. The lowest BCUT2D eigenvalue weighted by Crippen LogP contribution is -2.29. The van der Waals surface area contributed by atoms with Crippen molar-refractivity contribution in [2.45, 2.75) is 18.7 Å². The number of benzene rings is 1. The van der Waals surface area contributed by atoms with Crippen molar-refractivity contribution in [2.75, 3.05) is 30.8 Å².